The third-order valence-electron chi connectivity index (χ3n) is 4.91. The second-order valence-corrected chi connectivity index (χ2v) is 6.54. The molecule has 0 amide bonds. The van der Waals surface area contributed by atoms with Gasteiger partial charge in [0.05, 0.1) is 5.92 Å². The molecule has 0 bridgehead atoms. The highest BCUT2D eigenvalue weighted by Gasteiger charge is 2.24. The summed E-state index contributed by atoms with van der Waals surface area (Å²) < 4.78 is 2.38. The van der Waals surface area contributed by atoms with Crippen LogP contribution >= 0.6 is 0 Å². The summed E-state index contributed by atoms with van der Waals surface area (Å²) in [6.07, 6.45) is 6.10. The largest absolute Gasteiger partial charge is 0.314 e. The summed E-state index contributed by atoms with van der Waals surface area (Å²) in [5, 5.41) is 9.19. The standard InChI is InChI=1S/C21H23N3/c1-2-10-16-24-19(15-9-1)22-23-21(24)20(17-11-5-3-6-12-17)18-13-7-4-8-14-18/h3-8,11-14,20H,1-2,9-10,15-16H2. The Bertz CT molecular complexity index is 738. The number of hydrogen-bond donors (Lipinski definition) is 0. The van der Waals surface area contributed by atoms with Crippen LogP contribution in [0.15, 0.2) is 60.7 Å². The second kappa shape index (κ2) is 7.00. The van der Waals surface area contributed by atoms with Crippen LogP contribution in [0, 0.1) is 0 Å². The Balaban J connectivity index is 1.83. The lowest BCUT2D eigenvalue weighted by Crippen LogP contribution is -2.15. The van der Waals surface area contributed by atoms with Gasteiger partial charge < -0.3 is 4.57 Å². The molecule has 4 rings (SSSR count). The van der Waals surface area contributed by atoms with Crippen LogP contribution in [-0.2, 0) is 13.0 Å². The van der Waals surface area contributed by atoms with Crippen molar-refractivity contribution in [2.75, 3.05) is 0 Å². The van der Waals surface area contributed by atoms with E-state index in [-0.39, 0.29) is 5.92 Å². The van der Waals surface area contributed by atoms with Gasteiger partial charge in [0.2, 0.25) is 0 Å². The molecule has 0 spiro atoms. The summed E-state index contributed by atoms with van der Waals surface area (Å²) in [7, 11) is 0. The molecule has 0 saturated carbocycles. The normalized spacial score (nSPS) is 14.9. The van der Waals surface area contributed by atoms with E-state index in [1.54, 1.807) is 0 Å². The first-order valence-corrected chi connectivity index (χ1v) is 8.95. The van der Waals surface area contributed by atoms with E-state index in [1.165, 1.54) is 36.8 Å². The topological polar surface area (TPSA) is 30.7 Å². The van der Waals surface area contributed by atoms with E-state index >= 15 is 0 Å². The molecule has 3 aromatic rings. The molecule has 2 heterocycles. The SMILES string of the molecule is c1ccc(C(c2ccccc2)c2nnc3n2CCCCCC3)cc1. The van der Waals surface area contributed by atoms with Gasteiger partial charge in [-0.2, -0.15) is 0 Å². The monoisotopic (exact) mass is 317 g/mol. The minimum Gasteiger partial charge on any atom is -0.314 e. The maximum absolute atomic E-state index is 4.65. The number of benzene rings is 2. The number of nitrogens with zero attached hydrogens (tertiary/aromatic N) is 3. The molecule has 0 atom stereocenters. The van der Waals surface area contributed by atoms with Gasteiger partial charge in [-0.3, -0.25) is 0 Å². The van der Waals surface area contributed by atoms with Crippen LogP contribution in [0.3, 0.4) is 0 Å². The van der Waals surface area contributed by atoms with Crippen molar-refractivity contribution in [3.05, 3.63) is 83.4 Å². The van der Waals surface area contributed by atoms with Gasteiger partial charge in [-0.05, 0) is 24.0 Å². The van der Waals surface area contributed by atoms with Crippen molar-refractivity contribution < 1.29 is 0 Å². The fraction of sp³-hybridized carbons (Fsp3) is 0.333. The molecule has 122 valence electrons. The lowest BCUT2D eigenvalue weighted by Gasteiger charge is -2.20. The van der Waals surface area contributed by atoms with Gasteiger partial charge in [0, 0.05) is 13.0 Å². The molecule has 0 fully saturated rings. The summed E-state index contributed by atoms with van der Waals surface area (Å²) >= 11 is 0. The minimum atomic E-state index is 0.146. The first kappa shape index (κ1) is 15.1. The van der Waals surface area contributed by atoms with E-state index in [4.69, 9.17) is 0 Å². The van der Waals surface area contributed by atoms with Crippen LogP contribution in [0.2, 0.25) is 0 Å². The zero-order chi connectivity index (χ0) is 16.2. The van der Waals surface area contributed by atoms with Crippen LogP contribution < -0.4 is 0 Å². The molecule has 0 aliphatic carbocycles. The Hall–Kier alpha value is -2.42. The number of aryl methyl sites for hydroxylation is 1. The summed E-state index contributed by atoms with van der Waals surface area (Å²) in [6.45, 7) is 1.04. The predicted octanol–water partition coefficient (Wildman–Crippen LogP) is 4.57. The molecule has 3 heteroatoms. The molecule has 1 aliphatic rings. The van der Waals surface area contributed by atoms with Crippen LogP contribution in [-0.4, -0.2) is 14.8 Å². The number of aromatic nitrogens is 3. The Morgan fingerprint density at radius 2 is 1.33 bits per heavy atom. The highest BCUT2D eigenvalue weighted by Crippen LogP contribution is 2.32. The third-order valence-corrected chi connectivity index (χ3v) is 4.91. The molecule has 3 nitrogen and oxygen atoms in total. The van der Waals surface area contributed by atoms with Gasteiger partial charge in [-0.15, -0.1) is 10.2 Å². The molecule has 1 aromatic heterocycles. The minimum absolute atomic E-state index is 0.146. The second-order valence-electron chi connectivity index (χ2n) is 6.54. The van der Waals surface area contributed by atoms with Crippen LogP contribution in [0.1, 0.15) is 54.4 Å². The van der Waals surface area contributed by atoms with E-state index in [0.29, 0.717) is 0 Å². The van der Waals surface area contributed by atoms with Crippen molar-refractivity contribution in [1.82, 2.24) is 14.8 Å². The highest BCUT2D eigenvalue weighted by molar-refractivity contribution is 5.38. The molecule has 24 heavy (non-hydrogen) atoms. The summed E-state index contributed by atoms with van der Waals surface area (Å²) in [6, 6.07) is 21.4. The highest BCUT2D eigenvalue weighted by atomic mass is 15.3. The molecule has 1 aliphatic heterocycles. The van der Waals surface area contributed by atoms with Crippen molar-refractivity contribution in [3.63, 3.8) is 0 Å². The quantitative estimate of drug-likeness (QED) is 0.708. The molecule has 0 saturated heterocycles. The average Bonchev–Trinajstić information content (AvgIpc) is 2.98. The van der Waals surface area contributed by atoms with Crippen LogP contribution in [0.4, 0.5) is 0 Å². The molecule has 0 radical (unpaired) electrons. The van der Waals surface area contributed by atoms with Gasteiger partial charge in [0.1, 0.15) is 11.6 Å². The Morgan fingerprint density at radius 1 is 0.708 bits per heavy atom. The summed E-state index contributed by atoms with van der Waals surface area (Å²) in [5.41, 5.74) is 2.56. The number of hydrogen-bond acceptors (Lipinski definition) is 2. The maximum atomic E-state index is 4.65. The zero-order valence-corrected chi connectivity index (χ0v) is 13.9. The van der Waals surface area contributed by atoms with E-state index in [1.807, 2.05) is 0 Å². The first-order chi connectivity index (χ1) is 11.9. The Morgan fingerprint density at radius 3 is 2.00 bits per heavy atom. The van der Waals surface area contributed by atoms with Crippen molar-refractivity contribution >= 4 is 0 Å². The average molecular weight is 317 g/mol. The molecule has 0 N–H and O–H groups in total. The Kier molecular flexibility index (Phi) is 4.41. The lowest BCUT2D eigenvalue weighted by molar-refractivity contribution is 0.502. The summed E-state index contributed by atoms with van der Waals surface area (Å²) in [4.78, 5) is 0. The molecule has 0 unspecified atom stereocenters. The Labute approximate surface area is 143 Å². The number of rotatable bonds is 3. The number of fused-ring (bicyclic) bond motifs is 1. The first-order valence-electron chi connectivity index (χ1n) is 8.95. The lowest BCUT2D eigenvalue weighted by atomic mass is 9.90. The van der Waals surface area contributed by atoms with Gasteiger partial charge in [0.25, 0.3) is 0 Å². The van der Waals surface area contributed by atoms with Gasteiger partial charge >= 0.3 is 0 Å². The van der Waals surface area contributed by atoms with Crippen molar-refractivity contribution in [2.24, 2.45) is 0 Å². The van der Waals surface area contributed by atoms with Gasteiger partial charge in [-0.25, -0.2) is 0 Å². The predicted molar refractivity (Wildman–Crippen MR) is 96.0 cm³/mol. The third kappa shape index (κ3) is 2.99. The molecular weight excluding hydrogens is 294 g/mol. The molecular formula is C21H23N3. The molecule has 2 aromatic carbocycles. The maximum Gasteiger partial charge on any atom is 0.145 e. The van der Waals surface area contributed by atoms with Crippen LogP contribution in [0.5, 0.6) is 0 Å². The van der Waals surface area contributed by atoms with E-state index in [9.17, 15) is 0 Å². The van der Waals surface area contributed by atoms with Gasteiger partial charge in [-0.1, -0.05) is 73.5 Å². The fourth-order valence-electron chi connectivity index (χ4n) is 3.68. The van der Waals surface area contributed by atoms with E-state index in [0.717, 1.165) is 24.6 Å². The van der Waals surface area contributed by atoms with Crippen molar-refractivity contribution in [3.8, 4) is 0 Å². The van der Waals surface area contributed by atoms with Crippen molar-refractivity contribution in [2.45, 2.75) is 44.6 Å². The van der Waals surface area contributed by atoms with Gasteiger partial charge in [0.15, 0.2) is 0 Å². The van der Waals surface area contributed by atoms with E-state index < -0.39 is 0 Å². The van der Waals surface area contributed by atoms with Crippen LogP contribution in [0.25, 0.3) is 0 Å². The smallest absolute Gasteiger partial charge is 0.145 e. The zero-order valence-electron chi connectivity index (χ0n) is 13.9. The summed E-state index contributed by atoms with van der Waals surface area (Å²) in [5.74, 6) is 2.39. The van der Waals surface area contributed by atoms with E-state index in [2.05, 4.69) is 75.4 Å². The fourth-order valence-corrected chi connectivity index (χ4v) is 3.68. The van der Waals surface area contributed by atoms with Crippen molar-refractivity contribution in [1.29, 1.82) is 0 Å².